The zero-order valence-electron chi connectivity index (χ0n) is 11.9. The Hall–Kier alpha value is -2.15. The van der Waals surface area contributed by atoms with Gasteiger partial charge in [0.1, 0.15) is 5.76 Å². The van der Waals surface area contributed by atoms with Crippen molar-refractivity contribution in [2.45, 2.75) is 11.4 Å². The number of rotatable bonds is 5. The van der Waals surface area contributed by atoms with Crippen LogP contribution in [0.3, 0.4) is 0 Å². The van der Waals surface area contributed by atoms with E-state index >= 15 is 0 Å². The van der Waals surface area contributed by atoms with Crippen molar-refractivity contribution in [3.63, 3.8) is 0 Å². The third kappa shape index (κ3) is 3.79. The van der Waals surface area contributed by atoms with Gasteiger partial charge in [0.15, 0.2) is 0 Å². The second-order valence-corrected chi connectivity index (χ2v) is 7.04. The zero-order valence-corrected chi connectivity index (χ0v) is 13.5. The summed E-state index contributed by atoms with van der Waals surface area (Å²) in [6, 6.07) is 11.5. The summed E-state index contributed by atoms with van der Waals surface area (Å²) in [5.41, 5.74) is 1.51. The maximum atomic E-state index is 12.3. The minimum absolute atomic E-state index is 0.121. The van der Waals surface area contributed by atoms with E-state index in [9.17, 15) is 8.42 Å². The third-order valence-electron chi connectivity index (χ3n) is 3.17. The Morgan fingerprint density at radius 2 is 2.00 bits per heavy atom. The van der Waals surface area contributed by atoms with Crippen molar-refractivity contribution in [1.29, 1.82) is 0 Å². The molecule has 2 heterocycles. The van der Waals surface area contributed by atoms with Gasteiger partial charge >= 0.3 is 0 Å². The predicted octanol–water partition coefficient (Wildman–Crippen LogP) is 3.47. The Morgan fingerprint density at radius 1 is 1.13 bits per heavy atom. The lowest BCUT2D eigenvalue weighted by Crippen LogP contribution is -2.23. The lowest BCUT2D eigenvalue weighted by molar-refractivity contribution is 0.580. The number of hydrogen-bond donors (Lipinski definition) is 1. The molecule has 1 N–H and O–H groups in total. The fourth-order valence-corrected chi connectivity index (χ4v) is 3.38. The number of sulfonamides is 1. The van der Waals surface area contributed by atoms with Crippen LogP contribution in [0.1, 0.15) is 5.56 Å². The number of hydrogen-bond acceptors (Lipinski definition) is 4. The summed E-state index contributed by atoms with van der Waals surface area (Å²) in [6.07, 6.45) is 4.84. The first-order valence-corrected chi connectivity index (χ1v) is 8.64. The van der Waals surface area contributed by atoms with Crippen molar-refractivity contribution >= 4 is 21.6 Å². The zero-order chi connectivity index (χ0) is 16.3. The summed E-state index contributed by atoms with van der Waals surface area (Å²) in [5, 5.41) is 0.370. The lowest BCUT2D eigenvalue weighted by Gasteiger charge is -2.07. The van der Waals surface area contributed by atoms with Gasteiger partial charge in [-0.05, 0) is 42.0 Å². The molecule has 5 nitrogen and oxygen atoms in total. The van der Waals surface area contributed by atoms with E-state index < -0.39 is 10.0 Å². The monoisotopic (exact) mass is 348 g/mol. The minimum atomic E-state index is -3.63. The highest BCUT2D eigenvalue weighted by Crippen LogP contribution is 2.20. The van der Waals surface area contributed by atoms with Crippen molar-refractivity contribution in [3.8, 4) is 11.3 Å². The van der Waals surface area contributed by atoms with Gasteiger partial charge in [-0.3, -0.25) is 4.98 Å². The van der Waals surface area contributed by atoms with Gasteiger partial charge in [0.2, 0.25) is 10.0 Å². The van der Waals surface area contributed by atoms with E-state index in [2.05, 4.69) is 9.71 Å². The van der Waals surface area contributed by atoms with E-state index in [1.54, 1.807) is 36.9 Å². The van der Waals surface area contributed by atoms with E-state index in [0.717, 1.165) is 11.1 Å². The summed E-state index contributed by atoms with van der Waals surface area (Å²) in [7, 11) is -3.63. The van der Waals surface area contributed by atoms with Crippen LogP contribution in [0, 0.1) is 0 Å². The van der Waals surface area contributed by atoms with Gasteiger partial charge in [0.05, 0.1) is 11.2 Å². The molecular weight excluding hydrogens is 336 g/mol. The van der Waals surface area contributed by atoms with Crippen LogP contribution in [-0.4, -0.2) is 13.4 Å². The molecule has 0 saturated carbocycles. The smallest absolute Gasteiger partial charge is 0.240 e. The standard InChI is InChI=1S/C16H13ClN2O3S/c17-14-3-1-4-15(8-14)23(20,21)19-10-12-7-13(11-18-9-12)16-5-2-6-22-16/h1-9,11,19H,10H2. The van der Waals surface area contributed by atoms with Crippen LogP contribution in [-0.2, 0) is 16.6 Å². The van der Waals surface area contributed by atoms with Crippen LogP contribution in [0.25, 0.3) is 11.3 Å². The van der Waals surface area contributed by atoms with Crippen LogP contribution in [0.5, 0.6) is 0 Å². The molecule has 0 bridgehead atoms. The van der Waals surface area contributed by atoms with Gasteiger partial charge in [-0.2, -0.15) is 0 Å². The van der Waals surface area contributed by atoms with Crippen molar-refractivity contribution in [3.05, 3.63) is 71.7 Å². The van der Waals surface area contributed by atoms with E-state index in [-0.39, 0.29) is 11.4 Å². The SMILES string of the molecule is O=S(=O)(NCc1cncc(-c2ccco2)c1)c1cccc(Cl)c1. The molecule has 118 valence electrons. The van der Waals surface area contributed by atoms with Crippen molar-refractivity contribution in [1.82, 2.24) is 9.71 Å². The maximum absolute atomic E-state index is 12.3. The van der Waals surface area contributed by atoms with Crippen LogP contribution >= 0.6 is 11.6 Å². The molecule has 0 atom stereocenters. The highest BCUT2D eigenvalue weighted by molar-refractivity contribution is 7.89. The normalized spacial score (nSPS) is 11.5. The van der Waals surface area contributed by atoms with Gasteiger partial charge in [-0.15, -0.1) is 0 Å². The van der Waals surface area contributed by atoms with Crippen LogP contribution in [0.4, 0.5) is 0 Å². The first kappa shape index (κ1) is 15.7. The molecule has 0 aliphatic carbocycles. The third-order valence-corrected chi connectivity index (χ3v) is 4.81. The summed E-state index contributed by atoms with van der Waals surface area (Å²) >= 11 is 5.83. The Bertz CT molecular complexity index is 909. The van der Waals surface area contributed by atoms with Gasteiger partial charge in [0, 0.05) is 29.5 Å². The molecule has 7 heteroatoms. The largest absolute Gasteiger partial charge is 0.464 e. The molecule has 3 aromatic rings. The summed E-state index contributed by atoms with van der Waals surface area (Å²) in [6.45, 7) is 0.121. The second-order valence-electron chi connectivity index (χ2n) is 4.84. The Labute approximate surface area is 139 Å². The maximum Gasteiger partial charge on any atom is 0.240 e. The average molecular weight is 349 g/mol. The number of pyridine rings is 1. The van der Waals surface area contributed by atoms with Gasteiger partial charge < -0.3 is 4.42 Å². The minimum Gasteiger partial charge on any atom is -0.464 e. The van der Waals surface area contributed by atoms with Gasteiger partial charge in [-0.1, -0.05) is 17.7 Å². The molecule has 0 amide bonds. The topological polar surface area (TPSA) is 72.2 Å². The number of nitrogens with zero attached hydrogens (tertiary/aromatic N) is 1. The average Bonchev–Trinajstić information content (AvgIpc) is 3.08. The first-order chi connectivity index (χ1) is 11.0. The molecule has 23 heavy (non-hydrogen) atoms. The van der Waals surface area contributed by atoms with Gasteiger partial charge in [-0.25, -0.2) is 13.1 Å². The number of halogens is 1. The van der Waals surface area contributed by atoms with Crippen LogP contribution in [0.15, 0.2) is 70.4 Å². The number of benzene rings is 1. The summed E-state index contributed by atoms with van der Waals surface area (Å²) < 4.78 is 32.4. The molecule has 0 aliphatic rings. The van der Waals surface area contributed by atoms with Crippen LogP contribution < -0.4 is 4.72 Å². The Kier molecular flexibility index (Phi) is 4.47. The quantitative estimate of drug-likeness (QED) is 0.766. The van der Waals surface area contributed by atoms with E-state index in [4.69, 9.17) is 16.0 Å². The molecule has 0 unspecified atom stereocenters. The fourth-order valence-electron chi connectivity index (χ4n) is 2.06. The first-order valence-electron chi connectivity index (χ1n) is 6.78. The molecule has 0 saturated heterocycles. The van der Waals surface area contributed by atoms with Crippen LogP contribution in [0.2, 0.25) is 5.02 Å². The molecule has 0 fully saturated rings. The predicted molar refractivity (Wildman–Crippen MR) is 87.4 cm³/mol. The molecule has 0 spiro atoms. The molecule has 2 aromatic heterocycles. The number of furan rings is 1. The fraction of sp³-hybridized carbons (Fsp3) is 0.0625. The highest BCUT2D eigenvalue weighted by atomic mass is 35.5. The Morgan fingerprint density at radius 3 is 2.74 bits per heavy atom. The molecule has 3 rings (SSSR count). The summed E-state index contributed by atoms with van der Waals surface area (Å²) in [4.78, 5) is 4.24. The number of aromatic nitrogens is 1. The second kappa shape index (κ2) is 6.54. The highest BCUT2D eigenvalue weighted by Gasteiger charge is 2.14. The van der Waals surface area contributed by atoms with Crippen molar-refractivity contribution < 1.29 is 12.8 Å². The van der Waals surface area contributed by atoms with Crippen molar-refractivity contribution in [2.75, 3.05) is 0 Å². The molecule has 0 aliphatic heterocycles. The van der Waals surface area contributed by atoms with E-state index in [0.29, 0.717) is 10.8 Å². The number of nitrogens with one attached hydrogen (secondary N) is 1. The summed E-state index contributed by atoms with van der Waals surface area (Å²) in [5.74, 6) is 0.678. The van der Waals surface area contributed by atoms with E-state index in [1.807, 2.05) is 12.1 Å². The molecule has 1 aromatic carbocycles. The molecular formula is C16H13ClN2O3S. The van der Waals surface area contributed by atoms with E-state index in [1.165, 1.54) is 12.1 Å². The molecule has 0 radical (unpaired) electrons. The Balaban J connectivity index is 1.77. The van der Waals surface area contributed by atoms with Crippen molar-refractivity contribution in [2.24, 2.45) is 0 Å². The lowest BCUT2D eigenvalue weighted by atomic mass is 10.2. The van der Waals surface area contributed by atoms with Gasteiger partial charge in [0.25, 0.3) is 0 Å².